The Hall–Kier alpha value is -2.42. The van der Waals surface area contributed by atoms with Gasteiger partial charge in [-0.3, -0.25) is 4.79 Å². The number of nitrogens with zero attached hydrogens (tertiary/aromatic N) is 2. The number of likely N-dealkylation sites (tertiary alicyclic amines) is 1. The van der Waals surface area contributed by atoms with Gasteiger partial charge >= 0.3 is 0 Å². The van der Waals surface area contributed by atoms with Gasteiger partial charge in [0.2, 0.25) is 12.3 Å². The number of hydrogen-bond acceptors (Lipinski definition) is 5. The molecule has 8 heteroatoms. The Balaban J connectivity index is 1.35. The molecule has 2 unspecified atom stereocenters. The molecule has 1 aliphatic heterocycles. The minimum atomic E-state index is -3.28. The highest BCUT2D eigenvalue weighted by molar-refractivity contribution is 7.91. The molecule has 170 valence electrons. The van der Waals surface area contributed by atoms with Crippen LogP contribution in [0, 0.1) is 0 Å². The molecule has 1 saturated heterocycles. The van der Waals surface area contributed by atoms with E-state index in [4.69, 9.17) is 5.14 Å². The summed E-state index contributed by atoms with van der Waals surface area (Å²) in [7, 11) is -3.28. The maximum Gasteiger partial charge on any atom is 0.233 e. The maximum absolute atomic E-state index is 13.1. The first-order valence-electron chi connectivity index (χ1n) is 11.4. The zero-order valence-electron chi connectivity index (χ0n) is 18.2. The SMILES string of the molecule is NS(=O)(=NC(O)Nc1c2c(cc3c1CCC3)CCC2)c1ccc(CN2CCCC2=O)cc1. The summed E-state index contributed by atoms with van der Waals surface area (Å²) in [6, 6.07) is 9.31. The van der Waals surface area contributed by atoms with Crippen LogP contribution in [0.5, 0.6) is 0 Å². The summed E-state index contributed by atoms with van der Waals surface area (Å²) < 4.78 is 17.2. The van der Waals surface area contributed by atoms with Gasteiger partial charge in [-0.25, -0.2) is 9.35 Å². The van der Waals surface area contributed by atoms with Crippen molar-refractivity contribution in [2.75, 3.05) is 11.9 Å². The zero-order chi connectivity index (χ0) is 22.3. The van der Waals surface area contributed by atoms with Crippen molar-refractivity contribution < 1.29 is 14.1 Å². The second-order valence-corrected chi connectivity index (χ2v) is 10.8. The Labute approximate surface area is 189 Å². The van der Waals surface area contributed by atoms with Gasteiger partial charge in [-0.2, -0.15) is 4.36 Å². The van der Waals surface area contributed by atoms with E-state index in [1.165, 1.54) is 22.3 Å². The van der Waals surface area contributed by atoms with Crippen LogP contribution in [0.25, 0.3) is 0 Å². The summed E-state index contributed by atoms with van der Waals surface area (Å²) in [5.74, 6) is 0.166. The predicted molar refractivity (Wildman–Crippen MR) is 124 cm³/mol. The summed E-state index contributed by atoms with van der Waals surface area (Å²) >= 11 is 0. The van der Waals surface area contributed by atoms with Crippen LogP contribution in [-0.4, -0.2) is 33.0 Å². The molecular formula is C24H30N4O3S. The molecule has 32 heavy (non-hydrogen) atoms. The van der Waals surface area contributed by atoms with E-state index in [-0.39, 0.29) is 5.91 Å². The van der Waals surface area contributed by atoms with Crippen LogP contribution in [-0.2, 0) is 46.9 Å². The number of aliphatic hydroxyl groups is 1. The number of benzene rings is 2. The molecule has 1 heterocycles. The predicted octanol–water partition coefficient (Wildman–Crippen LogP) is 2.88. The first-order valence-corrected chi connectivity index (χ1v) is 13.0. The Bertz CT molecular complexity index is 1140. The number of nitrogens with one attached hydrogen (secondary N) is 1. The van der Waals surface area contributed by atoms with E-state index in [2.05, 4.69) is 15.7 Å². The number of rotatable bonds is 6. The Morgan fingerprint density at radius 1 is 1.03 bits per heavy atom. The van der Waals surface area contributed by atoms with Gasteiger partial charge in [0.15, 0.2) is 0 Å². The number of nitrogens with two attached hydrogens (primary N) is 1. The van der Waals surface area contributed by atoms with Gasteiger partial charge in [-0.05, 0) is 84.9 Å². The fourth-order valence-corrected chi connectivity index (χ4v) is 6.23. The molecule has 3 aliphatic rings. The lowest BCUT2D eigenvalue weighted by Gasteiger charge is -2.19. The number of carbonyl (C=O) groups is 1. The van der Waals surface area contributed by atoms with Crippen molar-refractivity contribution in [3.63, 3.8) is 0 Å². The molecule has 1 fully saturated rings. The largest absolute Gasteiger partial charge is 0.355 e. The van der Waals surface area contributed by atoms with Crippen LogP contribution >= 0.6 is 0 Å². The maximum atomic E-state index is 13.1. The van der Waals surface area contributed by atoms with Gasteiger partial charge in [0.25, 0.3) is 0 Å². The second-order valence-electron chi connectivity index (χ2n) is 8.99. The van der Waals surface area contributed by atoms with E-state index in [0.29, 0.717) is 17.9 Å². The summed E-state index contributed by atoms with van der Waals surface area (Å²) in [5.41, 5.74) is 7.12. The highest BCUT2D eigenvalue weighted by Gasteiger charge is 2.25. The minimum Gasteiger partial charge on any atom is -0.355 e. The lowest BCUT2D eigenvalue weighted by Crippen LogP contribution is -2.24. The standard InChI is InChI=1S/C24H30N4O3S/c25-32(31,19-11-9-16(10-12-19)15-28-13-3-8-22(28)29)27-24(30)26-23-20-6-1-4-17(20)14-18-5-2-7-21(18)23/h9-12,14,24,26,30H,1-8,13,15H2,(H2,25,27,31). The average molecular weight is 455 g/mol. The first-order chi connectivity index (χ1) is 15.4. The molecule has 7 nitrogen and oxygen atoms in total. The van der Waals surface area contributed by atoms with Crippen LogP contribution in [0.2, 0.25) is 0 Å². The highest BCUT2D eigenvalue weighted by atomic mass is 32.2. The molecule has 5 rings (SSSR count). The third-order valence-corrected chi connectivity index (χ3v) is 8.27. The monoisotopic (exact) mass is 454 g/mol. The molecule has 0 spiro atoms. The van der Waals surface area contributed by atoms with E-state index < -0.39 is 16.3 Å². The number of anilines is 1. The molecule has 2 aromatic carbocycles. The number of amides is 1. The lowest BCUT2D eigenvalue weighted by atomic mass is 9.99. The third kappa shape index (κ3) is 4.14. The molecule has 2 atom stereocenters. The van der Waals surface area contributed by atoms with E-state index in [1.54, 1.807) is 12.1 Å². The molecule has 0 saturated carbocycles. The van der Waals surface area contributed by atoms with E-state index in [1.807, 2.05) is 17.0 Å². The number of fused-ring (bicyclic) bond motifs is 2. The van der Waals surface area contributed by atoms with Crippen LogP contribution in [0.3, 0.4) is 0 Å². The molecule has 2 aliphatic carbocycles. The van der Waals surface area contributed by atoms with Crippen molar-refractivity contribution in [2.24, 2.45) is 9.50 Å². The highest BCUT2D eigenvalue weighted by Crippen LogP contribution is 2.38. The summed E-state index contributed by atoms with van der Waals surface area (Å²) in [6.07, 6.45) is 6.46. The first kappa shape index (κ1) is 21.4. The molecule has 4 N–H and O–H groups in total. The average Bonchev–Trinajstić information content (AvgIpc) is 3.49. The molecular weight excluding hydrogens is 424 g/mol. The van der Waals surface area contributed by atoms with Crippen molar-refractivity contribution in [1.29, 1.82) is 0 Å². The Morgan fingerprint density at radius 3 is 2.28 bits per heavy atom. The minimum absolute atomic E-state index is 0.166. The summed E-state index contributed by atoms with van der Waals surface area (Å²) in [6.45, 7) is 1.31. The van der Waals surface area contributed by atoms with Gasteiger partial charge in [0.1, 0.15) is 9.92 Å². The van der Waals surface area contributed by atoms with Crippen LogP contribution < -0.4 is 10.5 Å². The lowest BCUT2D eigenvalue weighted by molar-refractivity contribution is -0.128. The van der Waals surface area contributed by atoms with E-state index in [9.17, 15) is 14.1 Å². The zero-order valence-corrected chi connectivity index (χ0v) is 19.0. The molecule has 0 radical (unpaired) electrons. The van der Waals surface area contributed by atoms with Crippen LogP contribution in [0.15, 0.2) is 39.6 Å². The molecule has 1 amide bonds. The summed E-state index contributed by atoms with van der Waals surface area (Å²) in [4.78, 5) is 14.0. The molecule has 2 aromatic rings. The molecule has 0 aromatic heterocycles. The Kier molecular flexibility index (Phi) is 5.69. The number of aryl methyl sites for hydroxylation is 2. The fourth-order valence-electron chi connectivity index (χ4n) is 5.24. The smallest absolute Gasteiger partial charge is 0.233 e. The number of hydrogen-bond donors (Lipinski definition) is 3. The quantitative estimate of drug-likeness (QED) is 0.583. The number of carbonyl (C=O) groups excluding carboxylic acids is 1. The van der Waals surface area contributed by atoms with Gasteiger partial charge < -0.3 is 15.3 Å². The molecule has 0 bridgehead atoms. The normalized spacial score (nSPS) is 20.1. The van der Waals surface area contributed by atoms with Gasteiger partial charge in [-0.15, -0.1) is 0 Å². The van der Waals surface area contributed by atoms with Crippen molar-refractivity contribution >= 4 is 21.5 Å². The van der Waals surface area contributed by atoms with Crippen LogP contribution in [0.4, 0.5) is 5.69 Å². The van der Waals surface area contributed by atoms with Crippen LogP contribution in [0.1, 0.15) is 53.5 Å². The van der Waals surface area contributed by atoms with Gasteiger partial charge in [0, 0.05) is 25.2 Å². The van der Waals surface area contributed by atoms with Gasteiger partial charge in [0.05, 0.1) is 4.90 Å². The van der Waals surface area contributed by atoms with E-state index >= 15 is 0 Å². The van der Waals surface area contributed by atoms with Crippen molar-refractivity contribution in [1.82, 2.24) is 4.90 Å². The van der Waals surface area contributed by atoms with E-state index in [0.717, 1.165) is 62.7 Å². The summed E-state index contributed by atoms with van der Waals surface area (Å²) in [5, 5.41) is 19.8. The topological polar surface area (TPSA) is 108 Å². The van der Waals surface area contributed by atoms with Crippen molar-refractivity contribution in [2.45, 2.75) is 69.2 Å². The van der Waals surface area contributed by atoms with Gasteiger partial charge in [-0.1, -0.05) is 18.2 Å². The van der Waals surface area contributed by atoms with Crippen molar-refractivity contribution in [3.8, 4) is 0 Å². The third-order valence-electron chi connectivity index (χ3n) is 6.81. The second kappa shape index (κ2) is 8.50. The van der Waals surface area contributed by atoms with Crippen molar-refractivity contribution in [3.05, 3.63) is 58.1 Å². The fraction of sp³-hybridized carbons (Fsp3) is 0.458. The Morgan fingerprint density at radius 2 is 1.69 bits per heavy atom. The number of aliphatic hydroxyl groups excluding tert-OH is 1.